The average Bonchev–Trinajstić information content (AvgIpc) is 2.90. The Bertz CT molecular complexity index is 586. The van der Waals surface area contributed by atoms with Crippen molar-refractivity contribution in [3.63, 3.8) is 0 Å². The summed E-state index contributed by atoms with van der Waals surface area (Å²) < 4.78 is 10.6. The molecule has 1 aromatic carbocycles. The van der Waals surface area contributed by atoms with E-state index in [1.165, 1.54) is 0 Å². The minimum absolute atomic E-state index is 0.111. The van der Waals surface area contributed by atoms with Gasteiger partial charge in [0.15, 0.2) is 0 Å². The van der Waals surface area contributed by atoms with Crippen LogP contribution in [0.2, 0.25) is 0 Å². The van der Waals surface area contributed by atoms with Crippen LogP contribution in [0.25, 0.3) is 0 Å². The predicted molar refractivity (Wildman–Crippen MR) is 81.2 cm³/mol. The summed E-state index contributed by atoms with van der Waals surface area (Å²) in [5.74, 6) is 2.62. The van der Waals surface area contributed by atoms with E-state index in [0.29, 0.717) is 13.0 Å². The van der Waals surface area contributed by atoms with Crippen molar-refractivity contribution < 1.29 is 13.9 Å². The van der Waals surface area contributed by atoms with E-state index in [9.17, 15) is 4.79 Å². The van der Waals surface area contributed by atoms with Gasteiger partial charge in [0, 0.05) is 13.5 Å². The molecule has 4 nitrogen and oxygen atoms in total. The number of nitrogens with zero attached hydrogens (tertiary/aromatic N) is 1. The van der Waals surface area contributed by atoms with Gasteiger partial charge < -0.3 is 14.1 Å². The van der Waals surface area contributed by atoms with Crippen molar-refractivity contribution in [1.29, 1.82) is 0 Å². The standard InChI is InChI=1S/C17H21NO3/c1-13-4-8-16(21-13)12-18(2)17(19)11-7-14-5-9-15(20-3)10-6-14/h4-6,8-10H,7,11-12H2,1-3H3. The third kappa shape index (κ3) is 4.38. The van der Waals surface area contributed by atoms with Crippen LogP contribution in [0.15, 0.2) is 40.8 Å². The van der Waals surface area contributed by atoms with Gasteiger partial charge in [0.1, 0.15) is 17.3 Å². The summed E-state index contributed by atoms with van der Waals surface area (Å²) in [5.41, 5.74) is 1.13. The number of hydrogen-bond acceptors (Lipinski definition) is 3. The molecule has 0 unspecified atom stereocenters. The lowest BCUT2D eigenvalue weighted by Crippen LogP contribution is -2.26. The van der Waals surface area contributed by atoms with E-state index < -0.39 is 0 Å². The van der Waals surface area contributed by atoms with Crippen LogP contribution < -0.4 is 4.74 Å². The van der Waals surface area contributed by atoms with Gasteiger partial charge in [0.05, 0.1) is 13.7 Å². The van der Waals surface area contributed by atoms with Crippen molar-refractivity contribution in [3.8, 4) is 5.75 Å². The SMILES string of the molecule is COc1ccc(CCC(=O)N(C)Cc2ccc(C)o2)cc1. The van der Waals surface area contributed by atoms with E-state index in [0.717, 1.165) is 29.3 Å². The Labute approximate surface area is 125 Å². The molecular formula is C17H21NO3. The van der Waals surface area contributed by atoms with E-state index in [1.807, 2.05) is 43.3 Å². The van der Waals surface area contributed by atoms with E-state index >= 15 is 0 Å². The molecule has 112 valence electrons. The monoisotopic (exact) mass is 287 g/mol. The van der Waals surface area contributed by atoms with E-state index in [1.54, 1.807) is 19.1 Å². The first kappa shape index (κ1) is 15.2. The fourth-order valence-corrected chi connectivity index (χ4v) is 2.13. The quantitative estimate of drug-likeness (QED) is 0.819. The summed E-state index contributed by atoms with van der Waals surface area (Å²) in [5, 5.41) is 0. The van der Waals surface area contributed by atoms with Crippen LogP contribution in [-0.2, 0) is 17.8 Å². The Balaban J connectivity index is 1.82. The Kier molecular flexibility index (Phi) is 5.04. The summed E-state index contributed by atoms with van der Waals surface area (Å²) in [4.78, 5) is 13.8. The maximum Gasteiger partial charge on any atom is 0.223 e. The summed E-state index contributed by atoms with van der Waals surface area (Å²) in [6, 6.07) is 11.6. The predicted octanol–water partition coefficient (Wildman–Crippen LogP) is 3.19. The smallest absolute Gasteiger partial charge is 0.223 e. The fraction of sp³-hybridized carbons (Fsp3) is 0.353. The lowest BCUT2D eigenvalue weighted by Gasteiger charge is -2.15. The zero-order valence-electron chi connectivity index (χ0n) is 12.8. The molecule has 0 radical (unpaired) electrons. The van der Waals surface area contributed by atoms with Gasteiger partial charge in [-0.3, -0.25) is 4.79 Å². The van der Waals surface area contributed by atoms with Crippen LogP contribution in [0, 0.1) is 6.92 Å². The van der Waals surface area contributed by atoms with Gasteiger partial charge in [-0.2, -0.15) is 0 Å². The molecule has 1 aromatic heterocycles. The van der Waals surface area contributed by atoms with Crippen LogP contribution >= 0.6 is 0 Å². The summed E-state index contributed by atoms with van der Waals surface area (Å²) in [6.45, 7) is 2.41. The van der Waals surface area contributed by atoms with Gasteiger partial charge >= 0.3 is 0 Å². The van der Waals surface area contributed by atoms with Crippen molar-refractivity contribution in [3.05, 3.63) is 53.5 Å². The first-order valence-electron chi connectivity index (χ1n) is 7.00. The molecule has 1 amide bonds. The zero-order chi connectivity index (χ0) is 15.2. The van der Waals surface area contributed by atoms with E-state index in [2.05, 4.69) is 0 Å². The molecule has 0 spiro atoms. The molecule has 0 saturated carbocycles. The first-order valence-corrected chi connectivity index (χ1v) is 7.00. The maximum absolute atomic E-state index is 12.1. The lowest BCUT2D eigenvalue weighted by molar-refractivity contribution is -0.130. The summed E-state index contributed by atoms with van der Waals surface area (Å²) >= 11 is 0. The van der Waals surface area contributed by atoms with Crippen LogP contribution in [0.1, 0.15) is 23.5 Å². The minimum Gasteiger partial charge on any atom is -0.497 e. The third-order valence-corrected chi connectivity index (χ3v) is 3.40. The van der Waals surface area contributed by atoms with Crippen molar-refractivity contribution in [2.24, 2.45) is 0 Å². The second-order valence-electron chi connectivity index (χ2n) is 5.11. The molecule has 0 aliphatic rings. The van der Waals surface area contributed by atoms with E-state index in [4.69, 9.17) is 9.15 Å². The molecule has 0 saturated heterocycles. The lowest BCUT2D eigenvalue weighted by atomic mass is 10.1. The second-order valence-corrected chi connectivity index (χ2v) is 5.11. The molecule has 0 bridgehead atoms. The first-order chi connectivity index (χ1) is 10.1. The molecule has 1 heterocycles. The van der Waals surface area contributed by atoms with Gasteiger partial charge in [0.25, 0.3) is 0 Å². The van der Waals surface area contributed by atoms with Crippen molar-refractivity contribution >= 4 is 5.91 Å². The number of aryl methyl sites for hydroxylation is 2. The Morgan fingerprint density at radius 3 is 2.48 bits per heavy atom. The van der Waals surface area contributed by atoms with Gasteiger partial charge in [-0.1, -0.05) is 12.1 Å². The number of amides is 1. The number of carbonyl (C=O) groups is 1. The molecule has 2 rings (SSSR count). The van der Waals surface area contributed by atoms with Crippen molar-refractivity contribution in [2.45, 2.75) is 26.3 Å². The van der Waals surface area contributed by atoms with Gasteiger partial charge in [-0.05, 0) is 43.2 Å². The Hall–Kier alpha value is -2.23. The number of methoxy groups -OCH3 is 1. The molecular weight excluding hydrogens is 266 g/mol. The molecule has 0 aliphatic heterocycles. The highest BCUT2D eigenvalue weighted by Crippen LogP contribution is 2.14. The van der Waals surface area contributed by atoms with Gasteiger partial charge in [-0.25, -0.2) is 0 Å². The second kappa shape index (κ2) is 6.97. The molecule has 0 atom stereocenters. The molecule has 21 heavy (non-hydrogen) atoms. The zero-order valence-corrected chi connectivity index (χ0v) is 12.8. The average molecular weight is 287 g/mol. The Morgan fingerprint density at radius 1 is 1.19 bits per heavy atom. The number of furan rings is 1. The normalized spacial score (nSPS) is 10.4. The highest BCUT2D eigenvalue weighted by Gasteiger charge is 2.11. The highest BCUT2D eigenvalue weighted by molar-refractivity contribution is 5.76. The van der Waals surface area contributed by atoms with Crippen molar-refractivity contribution in [1.82, 2.24) is 4.90 Å². The number of benzene rings is 1. The molecule has 4 heteroatoms. The maximum atomic E-state index is 12.1. The van der Waals surface area contributed by atoms with Crippen LogP contribution in [0.4, 0.5) is 0 Å². The van der Waals surface area contributed by atoms with Gasteiger partial charge in [-0.15, -0.1) is 0 Å². The third-order valence-electron chi connectivity index (χ3n) is 3.40. The number of rotatable bonds is 6. The molecule has 0 fully saturated rings. The van der Waals surface area contributed by atoms with Gasteiger partial charge in [0.2, 0.25) is 5.91 Å². The number of carbonyl (C=O) groups excluding carboxylic acids is 1. The van der Waals surface area contributed by atoms with E-state index in [-0.39, 0.29) is 5.91 Å². The Morgan fingerprint density at radius 2 is 1.90 bits per heavy atom. The highest BCUT2D eigenvalue weighted by atomic mass is 16.5. The molecule has 0 N–H and O–H groups in total. The van der Waals surface area contributed by atoms with Crippen LogP contribution in [0.5, 0.6) is 5.75 Å². The summed E-state index contributed by atoms with van der Waals surface area (Å²) in [7, 11) is 3.44. The number of ether oxygens (including phenoxy) is 1. The van der Waals surface area contributed by atoms with Crippen molar-refractivity contribution in [2.75, 3.05) is 14.2 Å². The molecule has 2 aromatic rings. The minimum atomic E-state index is 0.111. The number of hydrogen-bond donors (Lipinski definition) is 0. The van der Waals surface area contributed by atoms with Crippen LogP contribution in [-0.4, -0.2) is 25.0 Å². The fourth-order valence-electron chi connectivity index (χ4n) is 2.13. The summed E-state index contributed by atoms with van der Waals surface area (Å²) in [6.07, 6.45) is 1.22. The van der Waals surface area contributed by atoms with Crippen LogP contribution in [0.3, 0.4) is 0 Å². The largest absolute Gasteiger partial charge is 0.497 e. The molecule has 0 aliphatic carbocycles. The topological polar surface area (TPSA) is 42.7 Å².